The molecule has 1 aromatic heterocycles. The standard InChI is InChI=1S/C26H38N2O7/c1-15-7-6-8-19-21(34-19)11-20(18(29)10-9-17-13-28(5)14-27-17)35-23(31)12-22(30)26(3,4)25(33)16(2)24(15)32/h9-10,13-16,19-22,24,30,32H,6-8,11-12H2,1-5H3/b10-9+/t15-,16+,19+,20+,21-,22-,24?/m0/s1. The van der Waals surface area contributed by atoms with Crippen molar-refractivity contribution in [1.29, 1.82) is 0 Å². The highest BCUT2D eigenvalue weighted by atomic mass is 16.6. The van der Waals surface area contributed by atoms with Crippen LogP contribution in [0.15, 0.2) is 18.6 Å². The van der Waals surface area contributed by atoms with Crippen molar-refractivity contribution in [3.8, 4) is 0 Å². The number of aliphatic hydroxyl groups is 2. The third-order valence-corrected chi connectivity index (χ3v) is 7.35. The molecule has 0 spiro atoms. The number of rotatable bonds is 3. The lowest BCUT2D eigenvalue weighted by Crippen LogP contribution is -2.45. The van der Waals surface area contributed by atoms with Gasteiger partial charge in [-0.1, -0.05) is 34.1 Å². The number of ether oxygens (including phenoxy) is 2. The topological polar surface area (TPSA) is 131 Å². The van der Waals surface area contributed by atoms with Gasteiger partial charge in [0.25, 0.3) is 0 Å². The van der Waals surface area contributed by atoms with Crippen LogP contribution in [0.3, 0.4) is 0 Å². The number of imidazole rings is 1. The molecule has 1 unspecified atom stereocenters. The second-order valence-electron chi connectivity index (χ2n) is 10.6. The molecule has 2 fully saturated rings. The van der Waals surface area contributed by atoms with Gasteiger partial charge in [0.1, 0.15) is 5.78 Å². The Bertz CT molecular complexity index is 953. The van der Waals surface area contributed by atoms with Crippen LogP contribution in [0.5, 0.6) is 0 Å². The monoisotopic (exact) mass is 490 g/mol. The second kappa shape index (κ2) is 11.1. The number of ketones is 2. The molecular formula is C26H38N2O7. The van der Waals surface area contributed by atoms with Gasteiger partial charge in [0.05, 0.1) is 48.3 Å². The van der Waals surface area contributed by atoms with Gasteiger partial charge in [0.15, 0.2) is 11.9 Å². The molecule has 2 N–H and O–H groups in total. The summed E-state index contributed by atoms with van der Waals surface area (Å²) in [5.41, 5.74) is -0.679. The van der Waals surface area contributed by atoms with Gasteiger partial charge in [-0.25, -0.2) is 4.98 Å². The molecule has 194 valence electrons. The summed E-state index contributed by atoms with van der Waals surface area (Å²) in [7, 11) is 1.82. The van der Waals surface area contributed by atoms with E-state index in [1.54, 1.807) is 43.9 Å². The fraction of sp³-hybridized carbons (Fsp3) is 0.692. The zero-order chi connectivity index (χ0) is 25.9. The lowest BCUT2D eigenvalue weighted by molar-refractivity contribution is -0.159. The van der Waals surface area contributed by atoms with Crippen molar-refractivity contribution in [2.45, 2.75) is 90.3 Å². The quantitative estimate of drug-likeness (QED) is 0.375. The zero-order valence-corrected chi connectivity index (χ0v) is 21.2. The Morgan fingerprint density at radius 3 is 2.57 bits per heavy atom. The lowest BCUT2D eigenvalue weighted by Gasteiger charge is -2.34. The summed E-state index contributed by atoms with van der Waals surface area (Å²) in [6.07, 6.45) is 4.84. The first kappa shape index (κ1) is 27.2. The molecule has 2 aliphatic heterocycles. The van der Waals surface area contributed by atoms with E-state index in [4.69, 9.17) is 9.47 Å². The molecule has 2 saturated heterocycles. The van der Waals surface area contributed by atoms with Crippen molar-refractivity contribution in [2.24, 2.45) is 24.3 Å². The van der Waals surface area contributed by atoms with Crippen LogP contribution in [0.2, 0.25) is 0 Å². The number of carbonyl (C=O) groups excluding carboxylic acids is 3. The van der Waals surface area contributed by atoms with E-state index in [1.165, 1.54) is 6.08 Å². The summed E-state index contributed by atoms with van der Waals surface area (Å²) in [5.74, 6) is -2.29. The first-order valence-electron chi connectivity index (χ1n) is 12.4. The van der Waals surface area contributed by atoms with Crippen LogP contribution in [0.25, 0.3) is 6.08 Å². The summed E-state index contributed by atoms with van der Waals surface area (Å²) in [6, 6.07) is 0. The maximum absolute atomic E-state index is 13.1. The predicted octanol–water partition coefficient (Wildman–Crippen LogP) is 2.23. The molecule has 0 aliphatic carbocycles. The third-order valence-electron chi connectivity index (χ3n) is 7.35. The molecule has 3 rings (SSSR count). The highest BCUT2D eigenvalue weighted by Crippen LogP contribution is 2.35. The van der Waals surface area contributed by atoms with E-state index in [2.05, 4.69) is 4.98 Å². The number of hydrogen-bond donors (Lipinski definition) is 2. The van der Waals surface area contributed by atoms with Gasteiger partial charge < -0.3 is 24.3 Å². The number of nitrogens with zero attached hydrogens (tertiary/aromatic N) is 2. The Balaban J connectivity index is 1.77. The average molecular weight is 491 g/mol. The van der Waals surface area contributed by atoms with Gasteiger partial charge in [-0.2, -0.15) is 0 Å². The number of fused-ring (bicyclic) bond motifs is 1. The maximum Gasteiger partial charge on any atom is 0.309 e. The largest absolute Gasteiger partial charge is 0.454 e. The molecule has 0 aromatic carbocycles. The molecule has 9 nitrogen and oxygen atoms in total. The number of epoxide rings is 1. The van der Waals surface area contributed by atoms with E-state index >= 15 is 0 Å². The van der Waals surface area contributed by atoms with Crippen molar-refractivity contribution in [3.63, 3.8) is 0 Å². The molecule has 0 saturated carbocycles. The van der Waals surface area contributed by atoms with E-state index < -0.39 is 47.8 Å². The van der Waals surface area contributed by atoms with E-state index in [0.717, 1.165) is 19.3 Å². The number of carbonyl (C=O) groups is 3. The summed E-state index contributed by atoms with van der Waals surface area (Å²) in [5, 5.41) is 21.5. The van der Waals surface area contributed by atoms with E-state index in [0.29, 0.717) is 5.69 Å². The van der Waals surface area contributed by atoms with Crippen molar-refractivity contribution in [3.05, 3.63) is 24.3 Å². The lowest BCUT2D eigenvalue weighted by atomic mass is 9.73. The van der Waals surface area contributed by atoms with Gasteiger partial charge in [0.2, 0.25) is 0 Å². The Hall–Kier alpha value is -2.36. The van der Waals surface area contributed by atoms with Crippen LogP contribution >= 0.6 is 0 Å². The predicted molar refractivity (Wildman–Crippen MR) is 128 cm³/mol. The summed E-state index contributed by atoms with van der Waals surface area (Å²) >= 11 is 0. The fourth-order valence-electron chi connectivity index (χ4n) is 4.70. The zero-order valence-electron chi connectivity index (χ0n) is 21.2. The molecule has 1 aromatic rings. The van der Waals surface area contributed by atoms with E-state index in [9.17, 15) is 24.6 Å². The highest BCUT2D eigenvalue weighted by Gasteiger charge is 2.45. The molecule has 35 heavy (non-hydrogen) atoms. The summed E-state index contributed by atoms with van der Waals surface area (Å²) in [6.45, 7) is 6.69. The fourth-order valence-corrected chi connectivity index (χ4v) is 4.70. The molecule has 0 amide bonds. The molecule has 3 heterocycles. The number of esters is 1. The van der Waals surface area contributed by atoms with Crippen LogP contribution in [-0.4, -0.2) is 67.8 Å². The molecular weight excluding hydrogens is 452 g/mol. The van der Waals surface area contributed by atoms with Crippen molar-refractivity contribution in [2.75, 3.05) is 0 Å². The molecule has 7 atom stereocenters. The first-order chi connectivity index (χ1) is 16.4. The van der Waals surface area contributed by atoms with Gasteiger partial charge >= 0.3 is 5.97 Å². The maximum atomic E-state index is 13.1. The first-order valence-corrected chi connectivity index (χ1v) is 12.4. The van der Waals surface area contributed by atoms with Crippen LogP contribution in [-0.2, 0) is 30.9 Å². The van der Waals surface area contributed by atoms with Crippen LogP contribution < -0.4 is 0 Å². The van der Waals surface area contributed by atoms with Crippen molar-refractivity contribution < 1.29 is 34.1 Å². The van der Waals surface area contributed by atoms with Crippen molar-refractivity contribution >= 4 is 23.6 Å². The summed E-state index contributed by atoms with van der Waals surface area (Å²) in [4.78, 5) is 42.9. The normalized spacial score (nSPS) is 34.9. The number of hydrogen-bond acceptors (Lipinski definition) is 8. The SMILES string of the molecule is C[C@H]1CCC[C@H]2O[C@H]2C[C@H](C(=O)/C=C/c2cn(C)cn2)OC(=O)C[C@H](O)C(C)(C)C(=O)[C@H](C)C1O. The number of aromatic nitrogens is 2. The Kier molecular flexibility index (Phi) is 8.67. The number of cyclic esters (lactones) is 1. The van der Waals surface area contributed by atoms with Gasteiger partial charge in [-0.15, -0.1) is 0 Å². The van der Waals surface area contributed by atoms with Crippen LogP contribution in [0, 0.1) is 17.3 Å². The average Bonchev–Trinajstić information content (AvgIpc) is 3.40. The van der Waals surface area contributed by atoms with Crippen molar-refractivity contribution in [1.82, 2.24) is 9.55 Å². The third kappa shape index (κ3) is 6.86. The highest BCUT2D eigenvalue weighted by molar-refractivity contribution is 5.98. The summed E-state index contributed by atoms with van der Waals surface area (Å²) < 4.78 is 13.0. The van der Waals surface area contributed by atoms with Crippen LogP contribution in [0.1, 0.15) is 65.5 Å². The Labute approximate surface area is 206 Å². The molecule has 9 heteroatoms. The Morgan fingerprint density at radius 1 is 1.20 bits per heavy atom. The minimum absolute atomic E-state index is 0.0374. The van der Waals surface area contributed by atoms with Gasteiger partial charge in [-0.05, 0) is 30.9 Å². The van der Waals surface area contributed by atoms with Gasteiger partial charge in [-0.3, -0.25) is 14.4 Å². The number of aryl methyl sites for hydroxylation is 1. The van der Waals surface area contributed by atoms with Crippen LogP contribution in [0.4, 0.5) is 0 Å². The molecule has 2 aliphatic rings. The smallest absolute Gasteiger partial charge is 0.309 e. The Morgan fingerprint density at radius 2 is 1.91 bits per heavy atom. The van der Waals surface area contributed by atoms with E-state index in [1.807, 2.05) is 14.0 Å². The number of aliphatic hydroxyl groups excluding tert-OH is 2. The molecule has 0 radical (unpaired) electrons. The van der Waals surface area contributed by atoms with E-state index in [-0.39, 0.29) is 30.3 Å². The molecule has 0 bridgehead atoms. The minimum Gasteiger partial charge on any atom is -0.454 e. The minimum atomic E-state index is -1.33. The number of Topliss-reactive ketones (excluding diaryl/α,β-unsaturated/α-hetero) is 1. The second-order valence-corrected chi connectivity index (χ2v) is 10.6. The van der Waals surface area contributed by atoms with Gasteiger partial charge in [0, 0.05) is 25.6 Å².